The predicted molar refractivity (Wildman–Crippen MR) is 74.7 cm³/mol. The van der Waals surface area contributed by atoms with E-state index in [1.807, 2.05) is 32.0 Å². The summed E-state index contributed by atoms with van der Waals surface area (Å²) in [5, 5.41) is 3.78. The molecule has 2 aromatic rings. The summed E-state index contributed by atoms with van der Waals surface area (Å²) < 4.78 is 13.5. The molecule has 18 heavy (non-hydrogen) atoms. The van der Waals surface area contributed by atoms with Crippen LogP contribution in [0.1, 0.15) is 16.7 Å². The molecule has 0 radical (unpaired) electrons. The summed E-state index contributed by atoms with van der Waals surface area (Å²) in [6.45, 7) is 4.44. The number of halogens is 2. The van der Waals surface area contributed by atoms with E-state index in [9.17, 15) is 4.39 Å². The van der Waals surface area contributed by atoms with Crippen LogP contribution in [0.25, 0.3) is 0 Å². The molecule has 0 saturated heterocycles. The smallest absolute Gasteiger partial charge is 0.146 e. The van der Waals surface area contributed by atoms with E-state index in [2.05, 4.69) is 5.32 Å². The summed E-state index contributed by atoms with van der Waals surface area (Å²) in [5.41, 5.74) is 3.61. The van der Waals surface area contributed by atoms with Crippen molar-refractivity contribution in [1.29, 1.82) is 0 Å². The molecule has 3 heteroatoms. The molecule has 0 atom stereocenters. The van der Waals surface area contributed by atoms with E-state index < -0.39 is 0 Å². The van der Waals surface area contributed by atoms with Crippen LogP contribution in [0.15, 0.2) is 36.4 Å². The fourth-order valence-corrected chi connectivity index (χ4v) is 2.06. The standard InChI is InChI=1S/C15H15ClFN/c1-10-3-5-12(13(16)7-10)9-18-15-8-11(2)4-6-14(15)17/h3-8,18H,9H2,1-2H3. The summed E-state index contributed by atoms with van der Waals surface area (Å²) >= 11 is 6.13. The first kappa shape index (κ1) is 12.9. The summed E-state index contributed by atoms with van der Waals surface area (Å²) in [6.07, 6.45) is 0. The molecule has 0 saturated carbocycles. The molecule has 0 heterocycles. The van der Waals surface area contributed by atoms with E-state index in [1.165, 1.54) is 6.07 Å². The number of aryl methyl sites for hydroxylation is 2. The second kappa shape index (κ2) is 5.40. The number of nitrogens with one attached hydrogen (secondary N) is 1. The van der Waals surface area contributed by atoms with Crippen molar-refractivity contribution in [1.82, 2.24) is 0 Å². The minimum atomic E-state index is -0.246. The van der Waals surface area contributed by atoms with Crippen LogP contribution in [-0.2, 0) is 6.54 Å². The van der Waals surface area contributed by atoms with Gasteiger partial charge in [0.15, 0.2) is 0 Å². The topological polar surface area (TPSA) is 12.0 Å². The van der Waals surface area contributed by atoms with Crippen LogP contribution in [0.3, 0.4) is 0 Å². The third-order valence-electron chi connectivity index (χ3n) is 2.80. The summed E-state index contributed by atoms with van der Waals surface area (Å²) in [6, 6.07) is 10.9. The zero-order valence-corrected chi connectivity index (χ0v) is 11.2. The Labute approximate surface area is 112 Å². The van der Waals surface area contributed by atoms with Gasteiger partial charge >= 0.3 is 0 Å². The van der Waals surface area contributed by atoms with Gasteiger partial charge < -0.3 is 5.32 Å². The Morgan fingerprint density at radius 1 is 1.06 bits per heavy atom. The van der Waals surface area contributed by atoms with Gasteiger partial charge in [-0.2, -0.15) is 0 Å². The molecule has 1 nitrogen and oxygen atoms in total. The summed E-state index contributed by atoms with van der Waals surface area (Å²) in [7, 11) is 0. The van der Waals surface area contributed by atoms with Crippen LogP contribution in [0.2, 0.25) is 5.02 Å². The van der Waals surface area contributed by atoms with Gasteiger partial charge in [0.05, 0.1) is 5.69 Å². The second-order valence-corrected chi connectivity index (χ2v) is 4.84. The van der Waals surface area contributed by atoms with Gasteiger partial charge in [0.1, 0.15) is 5.82 Å². The number of hydrogen-bond donors (Lipinski definition) is 1. The first-order chi connectivity index (χ1) is 8.56. The number of anilines is 1. The van der Waals surface area contributed by atoms with Crippen LogP contribution in [0.4, 0.5) is 10.1 Å². The molecule has 0 fully saturated rings. The van der Waals surface area contributed by atoms with Crippen molar-refractivity contribution in [2.45, 2.75) is 20.4 Å². The van der Waals surface area contributed by atoms with Gasteiger partial charge in [-0.3, -0.25) is 0 Å². The Kier molecular flexibility index (Phi) is 3.87. The number of rotatable bonds is 3. The number of benzene rings is 2. The molecule has 0 amide bonds. The molecule has 2 rings (SSSR count). The van der Waals surface area contributed by atoms with E-state index in [1.54, 1.807) is 12.1 Å². The monoisotopic (exact) mass is 263 g/mol. The molecule has 0 spiro atoms. The lowest BCUT2D eigenvalue weighted by Gasteiger charge is -2.10. The Balaban J connectivity index is 2.13. The normalized spacial score (nSPS) is 10.4. The molecule has 94 valence electrons. The van der Waals surface area contributed by atoms with Crippen molar-refractivity contribution < 1.29 is 4.39 Å². The Hall–Kier alpha value is -1.54. The Morgan fingerprint density at radius 2 is 1.72 bits per heavy atom. The average molecular weight is 264 g/mol. The van der Waals surface area contributed by atoms with Gasteiger partial charge in [-0.05, 0) is 48.7 Å². The highest BCUT2D eigenvalue weighted by Crippen LogP contribution is 2.21. The fourth-order valence-electron chi connectivity index (χ4n) is 1.76. The molecule has 0 aliphatic heterocycles. The molecule has 0 aromatic heterocycles. The quantitative estimate of drug-likeness (QED) is 0.846. The lowest BCUT2D eigenvalue weighted by Crippen LogP contribution is -2.02. The van der Waals surface area contributed by atoms with Crippen LogP contribution in [-0.4, -0.2) is 0 Å². The average Bonchev–Trinajstić information content (AvgIpc) is 2.32. The predicted octanol–water partition coefficient (Wildman–Crippen LogP) is 4.71. The van der Waals surface area contributed by atoms with Crippen molar-refractivity contribution >= 4 is 17.3 Å². The molecule has 1 N–H and O–H groups in total. The third kappa shape index (κ3) is 3.02. The highest BCUT2D eigenvalue weighted by atomic mass is 35.5. The van der Waals surface area contributed by atoms with Crippen molar-refractivity contribution in [3.63, 3.8) is 0 Å². The van der Waals surface area contributed by atoms with E-state index in [0.29, 0.717) is 17.3 Å². The maximum absolute atomic E-state index is 13.5. The minimum Gasteiger partial charge on any atom is -0.379 e. The van der Waals surface area contributed by atoms with Gasteiger partial charge in [0, 0.05) is 11.6 Å². The molecule has 0 aliphatic carbocycles. The number of hydrogen-bond acceptors (Lipinski definition) is 1. The fraction of sp³-hybridized carbons (Fsp3) is 0.200. The van der Waals surface area contributed by atoms with Crippen molar-refractivity contribution in [2.24, 2.45) is 0 Å². The molecule has 2 aromatic carbocycles. The molecule has 0 aliphatic rings. The Bertz CT molecular complexity index is 566. The second-order valence-electron chi connectivity index (χ2n) is 4.43. The van der Waals surface area contributed by atoms with E-state index in [0.717, 1.165) is 16.7 Å². The molecule has 0 unspecified atom stereocenters. The van der Waals surface area contributed by atoms with Crippen LogP contribution >= 0.6 is 11.6 Å². The zero-order valence-electron chi connectivity index (χ0n) is 10.4. The zero-order chi connectivity index (χ0) is 13.1. The van der Waals surface area contributed by atoms with Gasteiger partial charge in [-0.15, -0.1) is 0 Å². The van der Waals surface area contributed by atoms with E-state index in [4.69, 9.17) is 11.6 Å². The van der Waals surface area contributed by atoms with Gasteiger partial charge in [-0.1, -0.05) is 29.8 Å². The van der Waals surface area contributed by atoms with Crippen molar-refractivity contribution in [2.75, 3.05) is 5.32 Å². The van der Waals surface area contributed by atoms with Crippen molar-refractivity contribution in [3.8, 4) is 0 Å². The third-order valence-corrected chi connectivity index (χ3v) is 3.15. The van der Waals surface area contributed by atoms with Crippen LogP contribution in [0.5, 0.6) is 0 Å². The first-order valence-electron chi connectivity index (χ1n) is 5.81. The first-order valence-corrected chi connectivity index (χ1v) is 6.19. The highest BCUT2D eigenvalue weighted by Gasteiger charge is 2.04. The summed E-state index contributed by atoms with van der Waals surface area (Å²) in [5.74, 6) is -0.246. The SMILES string of the molecule is Cc1ccc(CNc2cc(C)ccc2F)c(Cl)c1. The molecular weight excluding hydrogens is 249 g/mol. The highest BCUT2D eigenvalue weighted by molar-refractivity contribution is 6.31. The maximum Gasteiger partial charge on any atom is 0.146 e. The van der Waals surface area contributed by atoms with E-state index >= 15 is 0 Å². The molecule has 0 bridgehead atoms. The Morgan fingerprint density at radius 3 is 2.44 bits per heavy atom. The van der Waals surface area contributed by atoms with Gasteiger partial charge in [0.25, 0.3) is 0 Å². The van der Waals surface area contributed by atoms with Crippen LogP contribution in [0, 0.1) is 19.7 Å². The van der Waals surface area contributed by atoms with Crippen LogP contribution < -0.4 is 5.32 Å². The largest absolute Gasteiger partial charge is 0.379 e. The maximum atomic E-state index is 13.5. The lowest BCUT2D eigenvalue weighted by molar-refractivity contribution is 0.629. The van der Waals surface area contributed by atoms with Crippen molar-refractivity contribution in [3.05, 3.63) is 63.9 Å². The van der Waals surface area contributed by atoms with E-state index in [-0.39, 0.29) is 5.82 Å². The molecular formula is C15H15ClFN. The minimum absolute atomic E-state index is 0.246. The summed E-state index contributed by atoms with van der Waals surface area (Å²) in [4.78, 5) is 0. The van der Waals surface area contributed by atoms with Gasteiger partial charge in [-0.25, -0.2) is 4.39 Å². The van der Waals surface area contributed by atoms with Gasteiger partial charge in [0.2, 0.25) is 0 Å². The lowest BCUT2D eigenvalue weighted by atomic mass is 10.1.